The van der Waals surface area contributed by atoms with Crippen LogP contribution in [-0.2, 0) is 16.1 Å². The van der Waals surface area contributed by atoms with E-state index in [1.165, 1.54) is 32.1 Å². The van der Waals surface area contributed by atoms with Gasteiger partial charge in [0.25, 0.3) is 5.91 Å². The third kappa shape index (κ3) is 5.57. The lowest BCUT2D eigenvalue weighted by atomic mass is 9.54. The van der Waals surface area contributed by atoms with Gasteiger partial charge in [0.1, 0.15) is 5.56 Å². The van der Waals surface area contributed by atoms with E-state index in [0.29, 0.717) is 62.0 Å². The molecular formula is C25H41N5O4. The van der Waals surface area contributed by atoms with E-state index in [2.05, 4.69) is 24.3 Å². The number of methoxy groups -OCH3 is 1. The molecule has 4 saturated carbocycles. The zero-order chi connectivity index (χ0) is 24.2. The standard InChI is InChI=1S/C25H41N5O4/c1-16(2)15-34-25-21(14-27-30(25)5-4-29(6-7-33-3)22(31)13-26)24(32)28-23-19-9-17-8-18(11-19)12-20(23)10-17/h14,16-20,23H,4-13,15,26H2,1-3H3,(H,28,32). The van der Waals surface area contributed by atoms with E-state index < -0.39 is 0 Å². The molecule has 4 fully saturated rings. The number of ether oxygens (including phenoxy) is 2. The topological polar surface area (TPSA) is 112 Å². The molecular weight excluding hydrogens is 434 g/mol. The van der Waals surface area contributed by atoms with Gasteiger partial charge in [-0.2, -0.15) is 5.10 Å². The third-order valence-electron chi connectivity index (χ3n) is 7.79. The van der Waals surface area contributed by atoms with Gasteiger partial charge in [-0.05, 0) is 61.7 Å². The van der Waals surface area contributed by atoms with Crippen LogP contribution in [0.2, 0.25) is 0 Å². The summed E-state index contributed by atoms with van der Waals surface area (Å²) < 4.78 is 12.9. The van der Waals surface area contributed by atoms with E-state index in [-0.39, 0.29) is 24.4 Å². The largest absolute Gasteiger partial charge is 0.477 e. The number of carbonyl (C=O) groups excluding carboxylic acids is 2. The summed E-state index contributed by atoms with van der Waals surface area (Å²) in [6.45, 7) is 6.28. The monoisotopic (exact) mass is 475 g/mol. The van der Waals surface area contributed by atoms with Crippen LogP contribution in [0, 0.1) is 29.6 Å². The summed E-state index contributed by atoms with van der Waals surface area (Å²) in [5.41, 5.74) is 6.05. The Kier molecular flexibility index (Phi) is 8.14. The highest BCUT2D eigenvalue weighted by Crippen LogP contribution is 2.53. The molecule has 1 aromatic rings. The molecule has 4 aliphatic carbocycles. The second-order valence-electron chi connectivity index (χ2n) is 10.8. The summed E-state index contributed by atoms with van der Waals surface area (Å²) in [5.74, 6) is 3.47. The number of hydrogen-bond acceptors (Lipinski definition) is 6. The Morgan fingerprint density at radius 3 is 2.44 bits per heavy atom. The van der Waals surface area contributed by atoms with Crippen molar-refractivity contribution in [1.29, 1.82) is 0 Å². The Morgan fingerprint density at radius 2 is 1.85 bits per heavy atom. The first-order valence-corrected chi connectivity index (χ1v) is 12.9. The average Bonchev–Trinajstić information content (AvgIpc) is 3.22. The maximum Gasteiger partial charge on any atom is 0.258 e. The van der Waals surface area contributed by atoms with Crippen molar-refractivity contribution in [2.75, 3.05) is 40.0 Å². The van der Waals surface area contributed by atoms with Crippen LogP contribution in [-0.4, -0.2) is 72.5 Å². The molecule has 0 unspecified atom stereocenters. The molecule has 9 nitrogen and oxygen atoms in total. The fraction of sp³-hybridized carbons (Fsp3) is 0.800. The second kappa shape index (κ2) is 11.1. The predicted molar refractivity (Wildman–Crippen MR) is 128 cm³/mol. The fourth-order valence-electron chi connectivity index (χ4n) is 6.38. The Hall–Kier alpha value is -2.13. The van der Waals surface area contributed by atoms with E-state index in [4.69, 9.17) is 15.2 Å². The number of nitrogens with two attached hydrogens (primary N) is 1. The summed E-state index contributed by atoms with van der Waals surface area (Å²) in [6, 6.07) is 0.258. The minimum absolute atomic E-state index is 0.0569. The van der Waals surface area contributed by atoms with Gasteiger partial charge in [-0.3, -0.25) is 9.59 Å². The molecule has 9 heteroatoms. The van der Waals surface area contributed by atoms with E-state index >= 15 is 0 Å². The van der Waals surface area contributed by atoms with Crippen LogP contribution in [0.1, 0.15) is 56.3 Å². The van der Waals surface area contributed by atoms with Crippen LogP contribution in [0.5, 0.6) is 5.88 Å². The summed E-state index contributed by atoms with van der Waals surface area (Å²) in [7, 11) is 1.60. The van der Waals surface area contributed by atoms with Crippen molar-refractivity contribution < 1.29 is 19.1 Å². The SMILES string of the molecule is COCCN(CCn1ncc(C(=O)NC2C3CC4CC(C3)CC2C4)c1OCC(C)C)C(=O)CN. The fourth-order valence-corrected chi connectivity index (χ4v) is 6.38. The minimum Gasteiger partial charge on any atom is -0.477 e. The van der Waals surface area contributed by atoms with Gasteiger partial charge >= 0.3 is 0 Å². The molecule has 1 heterocycles. The van der Waals surface area contributed by atoms with Crippen molar-refractivity contribution in [1.82, 2.24) is 20.0 Å². The number of aromatic nitrogens is 2. The van der Waals surface area contributed by atoms with Crippen molar-refractivity contribution in [2.45, 2.75) is 58.5 Å². The van der Waals surface area contributed by atoms with Crippen LogP contribution >= 0.6 is 0 Å². The molecule has 3 N–H and O–H groups in total. The molecule has 0 aliphatic heterocycles. The number of carbonyl (C=O) groups is 2. The molecule has 1 aromatic heterocycles. The van der Waals surface area contributed by atoms with E-state index in [0.717, 1.165) is 11.8 Å². The van der Waals surface area contributed by atoms with Crippen LogP contribution in [0.3, 0.4) is 0 Å². The number of nitrogens with one attached hydrogen (secondary N) is 1. The second-order valence-corrected chi connectivity index (χ2v) is 10.8. The third-order valence-corrected chi connectivity index (χ3v) is 7.79. The first-order valence-electron chi connectivity index (χ1n) is 12.9. The Bertz CT molecular complexity index is 826. The molecule has 0 radical (unpaired) electrons. The lowest BCUT2D eigenvalue weighted by Crippen LogP contribution is -2.55. The molecule has 0 atom stereocenters. The predicted octanol–water partition coefficient (Wildman–Crippen LogP) is 1.91. The molecule has 5 rings (SSSR count). The van der Waals surface area contributed by atoms with Crippen LogP contribution in [0.25, 0.3) is 0 Å². The van der Waals surface area contributed by atoms with E-state index in [9.17, 15) is 9.59 Å². The molecule has 2 amide bonds. The molecule has 34 heavy (non-hydrogen) atoms. The van der Waals surface area contributed by atoms with Crippen LogP contribution < -0.4 is 15.8 Å². The number of rotatable bonds is 12. The quantitative estimate of drug-likeness (QED) is 0.478. The Balaban J connectivity index is 1.46. The normalized spacial score (nSPS) is 27.3. The van der Waals surface area contributed by atoms with Gasteiger partial charge in [0.2, 0.25) is 11.8 Å². The van der Waals surface area contributed by atoms with Gasteiger partial charge in [-0.1, -0.05) is 13.8 Å². The molecule has 4 bridgehead atoms. The maximum atomic E-state index is 13.4. The first-order chi connectivity index (χ1) is 16.4. The smallest absolute Gasteiger partial charge is 0.258 e. The first kappa shape index (κ1) is 25.0. The summed E-state index contributed by atoms with van der Waals surface area (Å²) >= 11 is 0. The lowest BCUT2D eigenvalue weighted by molar-refractivity contribution is -0.130. The maximum absolute atomic E-state index is 13.4. The lowest BCUT2D eigenvalue weighted by Gasteiger charge is -2.54. The van der Waals surface area contributed by atoms with Crippen molar-refractivity contribution in [3.05, 3.63) is 11.8 Å². The number of nitrogens with zero attached hydrogens (tertiary/aromatic N) is 3. The van der Waals surface area contributed by atoms with E-state index in [1.807, 2.05) is 0 Å². The minimum atomic E-state index is -0.145. The van der Waals surface area contributed by atoms with Gasteiger partial charge in [0.05, 0.1) is 32.5 Å². The highest BCUT2D eigenvalue weighted by molar-refractivity contribution is 5.96. The number of amides is 2. The van der Waals surface area contributed by atoms with Gasteiger partial charge < -0.3 is 25.4 Å². The molecule has 190 valence electrons. The molecule has 0 aromatic carbocycles. The highest BCUT2D eigenvalue weighted by atomic mass is 16.5. The van der Waals surface area contributed by atoms with Crippen molar-refractivity contribution in [3.63, 3.8) is 0 Å². The molecule has 0 spiro atoms. The van der Waals surface area contributed by atoms with E-state index in [1.54, 1.807) is 22.9 Å². The summed E-state index contributed by atoms with van der Waals surface area (Å²) in [4.78, 5) is 27.3. The van der Waals surface area contributed by atoms with Gasteiger partial charge in [-0.15, -0.1) is 0 Å². The van der Waals surface area contributed by atoms with Crippen molar-refractivity contribution in [3.8, 4) is 5.88 Å². The zero-order valence-electron chi connectivity index (χ0n) is 20.9. The Morgan fingerprint density at radius 1 is 1.18 bits per heavy atom. The summed E-state index contributed by atoms with van der Waals surface area (Å²) in [5, 5.41) is 7.84. The average molecular weight is 476 g/mol. The molecule has 4 aliphatic rings. The van der Waals surface area contributed by atoms with Gasteiger partial charge in [0.15, 0.2) is 0 Å². The van der Waals surface area contributed by atoms with Crippen LogP contribution in [0.15, 0.2) is 6.20 Å². The highest BCUT2D eigenvalue weighted by Gasteiger charge is 2.48. The zero-order valence-corrected chi connectivity index (χ0v) is 20.9. The van der Waals surface area contributed by atoms with Crippen LogP contribution in [0.4, 0.5) is 0 Å². The number of hydrogen-bond donors (Lipinski definition) is 2. The van der Waals surface area contributed by atoms with Crippen molar-refractivity contribution >= 4 is 11.8 Å². The summed E-state index contributed by atoms with van der Waals surface area (Å²) in [6.07, 6.45) is 7.99. The molecule has 0 saturated heterocycles. The Labute approximate surface area is 202 Å². The van der Waals surface area contributed by atoms with Gasteiger partial charge in [-0.25, -0.2) is 4.68 Å². The van der Waals surface area contributed by atoms with Gasteiger partial charge in [0, 0.05) is 26.2 Å². The van der Waals surface area contributed by atoms with Crippen molar-refractivity contribution in [2.24, 2.45) is 35.3 Å².